The molecule has 0 rings (SSSR count). The van der Waals surface area contributed by atoms with Crippen molar-refractivity contribution in [2.75, 3.05) is 0 Å². The number of alkyl halides is 1. The predicted octanol–water partition coefficient (Wildman–Crippen LogP) is 3.61. The first kappa shape index (κ1) is 14.8. The summed E-state index contributed by atoms with van der Waals surface area (Å²) < 4.78 is 12.6. The Kier molecular flexibility index (Phi) is 15.8. The van der Waals surface area contributed by atoms with Crippen LogP contribution in [0.2, 0.25) is 0 Å². The van der Waals surface area contributed by atoms with Crippen LogP contribution in [0.25, 0.3) is 0 Å². The zero-order valence-electron chi connectivity index (χ0n) is 8.61. The summed E-state index contributed by atoms with van der Waals surface area (Å²) in [6.45, 7) is 4.08. The van der Waals surface area contributed by atoms with E-state index in [0.717, 1.165) is 18.9 Å². The van der Waals surface area contributed by atoms with E-state index < -0.39 is 6.17 Å². The van der Waals surface area contributed by atoms with E-state index in [2.05, 4.69) is 6.92 Å². The summed E-state index contributed by atoms with van der Waals surface area (Å²) in [5.74, 6) is 0. The zero-order chi connectivity index (χ0) is 10.5. The molecule has 13 heavy (non-hydrogen) atoms. The van der Waals surface area contributed by atoms with Crippen molar-refractivity contribution in [1.82, 2.24) is 0 Å². The molecule has 78 valence electrons. The maximum Gasteiger partial charge on any atom is 0.231 e. The van der Waals surface area contributed by atoms with Gasteiger partial charge in [-0.25, -0.2) is 14.6 Å². The molecule has 1 atom stereocenters. The van der Waals surface area contributed by atoms with Gasteiger partial charge in [0.05, 0.1) is 6.17 Å². The highest BCUT2D eigenvalue weighted by Crippen LogP contribution is 2.09. The van der Waals surface area contributed by atoms with Gasteiger partial charge in [-0.15, -0.1) is 0 Å². The first-order chi connectivity index (χ1) is 6.22. The number of hydrogen-bond donors (Lipinski definition) is 1. The number of halogens is 1. The molecule has 1 N–H and O–H groups in total. The highest BCUT2D eigenvalue weighted by atomic mass is 19.1. The van der Waals surface area contributed by atoms with Gasteiger partial charge in [0.25, 0.3) is 0 Å². The lowest BCUT2D eigenvalue weighted by atomic mass is 10.1. The molecule has 0 saturated heterocycles. The van der Waals surface area contributed by atoms with Gasteiger partial charge in [0.15, 0.2) is 0 Å². The first-order valence-corrected chi connectivity index (χ1v) is 4.90. The minimum Gasteiger partial charge on any atom is -0.248 e. The van der Waals surface area contributed by atoms with Crippen LogP contribution >= 0.6 is 0 Å². The van der Waals surface area contributed by atoms with Crippen LogP contribution in [0, 0.1) is 5.41 Å². The van der Waals surface area contributed by atoms with E-state index in [4.69, 9.17) is 10.2 Å². The number of isocyanates is 1. The fourth-order valence-electron chi connectivity index (χ4n) is 0.997. The van der Waals surface area contributed by atoms with E-state index in [9.17, 15) is 4.39 Å². The van der Waals surface area contributed by atoms with Crippen LogP contribution in [0.1, 0.15) is 52.4 Å². The Balaban J connectivity index is 0. The maximum atomic E-state index is 12.6. The number of unbranched alkanes of at least 4 members (excludes halogenated alkanes) is 3. The van der Waals surface area contributed by atoms with Crippen LogP contribution in [0.5, 0.6) is 0 Å². The summed E-state index contributed by atoms with van der Waals surface area (Å²) in [6.07, 6.45) is 6.44. The van der Waals surface area contributed by atoms with E-state index in [1.165, 1.54) is 19.3 Å². The van der Waals surface area contributed by atoms with Crippen LogP contribution in [-0.4, -0.2) is 12.3 Å². The van der Waals surface area contributed by atoms with Crippen molar-refractivity contribution in [1.29, 1.82) is 5.41 Å². The predicted molar refractivity (Wildman–Crippen MR) is 52.4 cm³/mol. The Labute approximate surface area is 80.0 Å². The molecular formula is C10H20FNO. The van der Waals surface area contributed by atoms with E-state index in [-0.39, 0.29) is 0 Å². The highest BCUT2D eigenvalue weighted by Gasteiger charge is 2.00. The van der Waals surface area contributed by atoms with Crippen LogP contribution in [-0.2, 0) is 4.79 Å². The van der Waals surface area contributed by atoms with Gasteiger partial charge < -0.3 is 0 Å². The van der Waals surface area contributed by atoms with E-state index in [0.29, 0.717) is 6.42 Å². The van der Waals surface area contributed by atoms with Gasteiger partial charge in [-0.2, -0.15) is 0 Å². The second kappa shape index (κ2) is 13.9. The van der Waals surface area contributed by atoms with Gasteiger partial charge in [-0.1, -0.05) is 39.5 Å². The Bertz CT molecular complexity index is 122. The second-order valence-electron chi connectivity index (χ2n) is 2.96. The van der Waals surface area contributed by atoms with Crippen LogP contribution in [0.4, 0.5) is 4.39 Å². The molecule has 0 aromatic rings. The van der Waals surface area contributed by atoms with Crippen molar-refractivity contribution in [2.45, 2.75) is 58.5 Å². The van der Waals surface area contributed by atoms with Gasteiger partial charge >= 0.3 is 0 Å². The van der Waals surface area contributed by atoms with Crippen LogP contribution in [0.15, 0.2) is 0 Å². The zero-order valence-corrected chi connectivity index (χ0v) is 8.61. The van der Waals surface area contributed by atoms with E-state index in [1.54, 1.807) is 0 Å². The number of carbonyl (C=O) groups excluding carboxylic acids is 1. The van der Waals surface area contributed by atoms with Gasteiger partial charge in [0.1, 0.15) is 0 Å². The van der Waals surface area contributed by atoms with Crippen molar-refractivity contribution in [3.05, 3.63) is 0 Å². The Morgan fingerprint density at radius 1 is 1.31 bits per heavy atom. The average Bonchev–Trinajstić information content (AvgIpc) is 2.13. The molecule has 0 aromatic carbocycles. The largest absolute Gasteiger partial charge is 0.248 e. The molecule has 0 aliphatic heterocycles. The van der Waals surface area contributed by atoms with Crippen molar-refractivity contribution in [3.8, 4) is 0 Å². The smallest absolute Gasteiger partial charge is 0.231 e. The minimum absolute atomic E-state index is 0.545. The number of nitrogens with one attached hydrogen (secondary N) is 1. The van der Waals surface area contributed by atoms with Crippen molar-refractivity contribution in [2.24, 2.45) is 0 Å². The lowest BCUT2D eigenvalue weighted by molar-refractivity contribution is 0.296. The molecule has 0 fully saturated rings. The maximum absolute atomic E-state index is 12.6. The van der Waals surface area contributed by atoms with Gasteiger partial charge in [-0.05, 0) is 12.8 Å². The molecule has 0 aliphatic carbocycles. The van der Waals surface area contributed by atoms with Gasteiger partial charge in [0, 0.05) is 0 Å². The normalized spacial score (nSPS) is 11.0. The molecule has 0 bridgehead atoms. The molecule has 0 aliphatic rings. The Hall–Kier alpha value is -0.690. The third-order valence-electron chi connectivity index (χ3n) is 1.81. The summed E-state index contributed by atoms with van der Waals surface area (Å²) in [6, 6.07) is 0. The summed E-state index contributed by atoms with van der Waals surface area (Å²) in [7, 11) is 0. The standard InChI is InChI=1S/C9H19F.CHNO/c1-3-5-6-7-8-9(10)4-2;2-1-3/h9H,3-8H2,1-2H3;2H. The molecule has 2 nitrogen and oxygen atoms in total. The van der Waals surface area contributed by atoms with Crippen LogP contribution < -0.4 is 0 Å². The van der Waals surface area contributed by atoms with E-state index in [1.807, 2.05) is 6.92 Å². The van der Waals surface area contributed by atoms with Crippen LogP contribution in [0.3, 0.4) is 0 Å². The summed E-state index contributed by atoms with van der Waals surface area (Å²) in [5.41, 5.74) is 0. The first-order valence-electron chi connectivity index (χ1n) is 4.90. The topological polar surface area (TPSA) is 40.9 Å². The third-order valence-corrected chi connectivity index (χ3v) is 1.81. The minimum atomic E-state index is -0.545. The lowest BCUT2D eigenvalue weighted by Crippen LogP contribution is -1.96. The van der Waals surface area contributed by atoms with Crippen molar-refractivity contribution >= 4 is 6.08 Å². The average molecular weight is 189 g/mol. The van der Waals surface area contributed by atoms with Crippen molar-refractivity contribution in [3.63, 3.8) is 0 Å². The molecule has 0 saturated carbocycles. The van der Waals surface area contributed by atoms with Gasteiger partial charge in [-0.3, -0.25) is 0 Å². The molecule has 1 unspecified atom stereocenters. The molecule has 3 heteroatoms. The SMILES string of the molecule is CCCCCCC(F)CC.N=C=O. The summed E-state index contributed by atoms with van der Waals surface area (Å²) in [4.78, 5) is 8.35. The fraction of sp³-hybridized carbons (Fsp3) is 0.900. The van der Waals surface area contributed by atoms with E-state index >= 15 is 0 Å². The molecule has 0 amide bonds. The number of hydrogen-bond acceptors (Lipinski definition) is 2. The Morgan fingerprint density at radius 2 is 1.85 bits per heavy atom. The Morgan fingerprint density at radius 3 is 2.23 bits per heavy atom. The quantitative estimate of drug-likeness (QED) is 0.387. The van der Waals surface area contributed by atoms with Crippen molar-refractivity contribution < 1.29 is 9.18 Å². The fourth-order valence-corrected chi connectivity index (χ4v) is 0.997. The molecule has 0 aromatic heterocycles. The summed E-state index contributed by atoms with van der Waals surface area (Å²) in [5, 5.41) is 5.40. The monoisotopic (exact) mass is 189 g/mol. The molecule has 0 heterocycles. The summed E-state index contributed by atoms with van der Waals surface area (Å²) >= 11 is 0. The molecule has 0 radical (unpaired) electrons. The third kappa shape index (κ3) is 18.3. The molecule has 0 spiro atoms. The highest BCUT2D eigenvalue weighted by molar-refractivity contribution is 5.26. The second-order valence-corrected chi connectivity index (χ2v) is 2.96. The van der Waals surface area contributed by atoms with Gasteiger partial charge in [0.2, 0.25) is 6.08 Å². The molecular weight excluding hydrogens is 169 g/mol. The lowest BCUT2D eigenvalue weighted by Gasteiger charge is -2.02. The number of rotatable bonds is 6.